The molecule has 0 amide bonds. The van der Waals surface area contributed by atoms with E-state index in [9.17, 15) is 18.5 Å². The summed E-state index contributed by atoms with van der Waals surface area (Å²) in [6.45, 7) is 4.77. The number of nitro benzene ring substituents is 1. The molecule has 3 rings (SSSR count). The number of hydrogen-bond donors (Lipinski definition) is 1. The fourth-order valence-electron chi connectivity index (χ4n) is 3.20. The first-order valence-corrected chi connectivity index (χ1v) is 11.3. The molecule has 1 aliphatic heterocycles. The highest BCUT2D eigenvalue weighted by atomic mass is 32.2. The van der Waals surface area contributed by atoms with Gasteiger partial charge in [0.2, 0.25) is 10.0 Å². The molecule has 170 valence electrons. The van der Waals surface area contributed by atoms with Crippen molar-refractivity contribution in [1.82, 2.24) is 4.31 Å². The molecule has 0 saturated carbocycles. The van der Waals surface area contributed by atoms with Crippen molar-refractivity contribution in [2.45, 2.75) is 17.7 Å². The predicted octanol–water partition coefficient (Wildman–Crippen LogP) is 3.40. The van der Waals surface area contributed by atoms with E-state index >= 15 is 0 Å². The number of nitrogens with zero attached hydrogens (tertiary/aromatic N) is 3. The number of nitro groups is 1. The van der Waals surface area contributed by atoms with Gasteiger partial charge in [0.15, 0.2) is 11.5 Å². The number of hydrazone groups is 1. The molecule has 0 spiro atoms. The Morgan fingerprint density at radius 2 is 1.97 bits per heavy atom. The molecular weight excluding hydrogens is 436 g/mol. The lowest BCUT2D eigenvalue weighted by Crippen LogP contribution is -2.27. The van der Waals surface area contributed by atoms with Crippen LogP contribution in [-0.4, -0.2) is 50.7 Å². The topological polar surface area (TPSA) is 123 Å². The zero-order valence-corrected chi connectivity index (χ0v) is 18.4. The van der Waals surface area contributed by atoms with Crippen LogP contribution in [0, 0.1) is 10.1 Å². The van der Waals surface area contributed by atoms with Crippen LogP contribution < -0.4 is 14.9 Å². The predicted molar refractivity (Wildman–Crippen MR) is 121 cm³/mol. The molecule has 2 aromatic carbocycles. The van der Waals surface area contributed by atoms with E-state index in [1.54, 1.807) is 24.3 Å². The van der Waals surface area contributed by atoms with Crippen molar-refractivity contribution in [3.63, 3.8) is 0 Å². The quantitative estimate of drug-likeness (QED) is 0.249. The van der Waals surface area contributed by atoms with Crippen molar-refractivity contribution in [2.24, 2.45) is 5.10 Å². The standard InChI is InChI=1S/C21H24N4O6S/c1-3-12-31-20-9-6-16(13-21(20)30-2)15-22-23-18-8-7-17(14-19(18)25(26)27)32(28,29)24-10-4-5-11-24/h3,6-9,13-15,23H,1,4-5,10-12H2,2H3/b22-15+. The Hall–Kier alpha value is -3.44. The Kier molecular flexibility index (Phi) is 7.44. The smallest absolute Gasteiger partial charge is 0.295 e. The highest BCUT2D eigenvalue weighted by Gasteiger charge is 2.29. The molecule has 1 saturated heterocycles. The normalized spacial score (nSPS) is 14.4. The summed E-state index contributed by atoms with van der Waals surface area (Å²) in [5.74, 6) is 1.04. The molecule has 0 radical (unpaired) electrons. The zero-order chi connectivity index (χ0) is 23.1. The first kappa shape index (κ1) is 23.2. The van der Waals surface area contributed by atoms with E-state index in [0.717, 1.165) is 18.9 Å². The molecule has 0 aliphatic carbocycles. The molecule has 10 nitrogen and oxygen atoms in total. The Morgan fingerprint density at radius 1 is 1.22 bits per heavy atom. The SMILES string of the molecule is C=CCOc1ccc(/C=N/Nc2ccc(S(=O)(=O)N3CCCC3)cc2[N+](=O)[O-])cc1OC. The number of methoxy groups -OCH3 is 1. The minimum Gasteiger partial charge on any atom is -0.493 e. The molecule has 32 heavy (non-hydrogen) atoms. The van der Waals surface area contributed by atoms with Gasteiger partial charge in [0.25, 0.3) is 5.69 Å². The molecule has 11 heteroatoms. The average Bonchev–Trinajstić information content (AvgIpc) is 3.34. The van der Waals surface area contributed by atoms with Gasteiger partial charge in [-0.2, -0.15) is 9.41 Å². The molecule has 1 heterocycles. The van der Waals surface area contributed by atoms with E-state index in [1.165, 1.54) is 29.8 Å². The van der Waals surface area contributed by atoms with Gasteiger partial charge in [-0.05, 0) is 48.7 Å². The van der Waals surface area contributed by atoms with Crippen molar-refractivity contribution < 1.29 is 22.8 Å². The highest BCUT2D eigenvalue weighted by Crippen LogP contribution is 2.30. The van der Waals surface area contributed by atoms with Crippen LogP contribution in [-0.2, 0) is 10.0 Å². The van der Waals surface area contributed by atoms with E-state index in [1.807, 2.05) is 0 Å². The maximum Gasteiger partial charge on any atom is 0.295 e. The first-order valence-electron chi connectivity index (χ1n) is 9.86. The monoisotopic (exact) mass is 460 g/mol. The minimum atomic E-state index is -3.76. The Balaban J connectivity index is 1.79. The van der Waals surface area contributed by atoms with Crippen LogP contribution in [0.2, 0.25) is 0 Å². The number of sulfonamides is 1. The lowest BCUT2D eigenvalue weighted by molar-refractivity contribution is -0.384. The van der Waals surface area contributed by atoms with Crippen LogP contribution in [0.15, 0.2) is 59.1 Å². The third kappa shape index (κ3) is 5.24. The number of benzene rings is 2. The number of hydrogen-bond acceptors (Lipinski definition) is 8. The van der Waals surface area contributed by atoms with Crippen molar-refractivity contribution in [2.75, 3.05) is 32.2 Å². The van der Waals surface area contributed by atoms with Crippen molar-refractivity contribution >= 4 is 27.6 Å². The summed E-state index contributed by atoms with van der Waals surface area (Å²) in [7, 11) is -2.25. The van der Waals surface area contributed by atoms with Gasteiger partial charge in [-0.25, -0.2) is 8.42 Å². The summed E-state index contributed by atoms with van der Waals surface area (Å²) in [6.07, 6.45) is 4.63. The number of rotatable bonds is 10. The first-order chi connectivity index (χ1) is 15.4. The summed E-state index contributed by atoms with van der Waals surface area (Å²) >= 11 is 0. The lowest BCUT2D eigenvalue weighted by Gasteiger charge is -2.15. The number of ether oxygens (including phenoxy) is 2. The van der Waals surface area contributed by atoms with E-state index in [-0.39, 0.29) is 16.3 Å². The molecule has 1 N–H and O–H groups in total. The summed E-state index contributed by atoms with van der Waals surface area (Å²) < 4.78 is 37.5. The van der Waals surface area contributed by atoms with Gasteiger partial charge >= 0.3 is 0 Å². The molecule has 1 aliphatic rings. The molecule has 2 aromatic rings. The van der Waals surface area contributed by atoms with Crippen LogP contribution in [0.3, 0.4) is 0 Å². The van der Waals surface area contributed by atoms with Gasteiger partial charge in [0.05, 0.1) is 23.1 Å². The second kappa shape index (κ2) is 10.2. The van der Waals surface area contributed by atoms with E-state index < -0.39 is 14.9 Å². The van der Waals surface area contributed by atoms with Crippen LogP contribution >= 0.6 is 0 Å². The van der Waals surface area contributed by atoms with Crippen LogP contribution in [0.25, 0.3) is 0 Å². The molecule has 0 bridgehead atoms. The maximum atomic E-state index is 12.7. The van der Waals surface area contributed by atoms with Crippen LogP contribution in [0.5, 0.6) is 11.5 Å². The summed E-state index contributed by atoms with van der Waals surface area (Å²) in [5, 5.41) is 15.6. The molecular formula is C21H24N4O6S. The van der Waals surface area contributed by atoms with E-state index in [4.69, 9.17) is 9.47 Å². The summed E-state index contributed by atoms with van der Waals surface area (Å²) in [5.41, 5.74) is 2.97. The third-order valence-corrected chi connectivity index (χ3v) is 6.71. The summed E-state index contributed by atoms with van der Waals surface area (Å²) in [6, 6.07) is 8.89. The van der Waals surface area contributed by atoms with Crippen LogP contribution in [0.4, 0.5) is 11.4 Å². The number of anilines is 1. The van der Waals surface area contributed by atoms with Gasteiger partial charge in [-0.3, -0.25) is 15.5 Å². The largest absolute Gasteiger partial charge is 0.493 e. The Bertz CT molecular complexity index is 1130. The molecule has 0 unspecified atom stereocenters. The highest BCUT2D eigenvalue weighted by molar-refractivity contribution is 7.89. The average molecular weight is 461 g/mol. The van der Waals surface area contributed by atoms with Gasteiger partial charge in [0.1, 0.15) is 12.3 Å². The maximum absolute atomic E-state index is 12.7. The minimum absolute atomic E-state index is 0.0736. The second-order valence-electron chi connectivity index (χ2n) is 6.93. The van der Waals surface area contributed by atoms with Crippen molar-refractivity contribution in [3.8, 4) is 11.5 Å². The molecule has 1 fully saturated rings. The van der Waals surface area contributed by atoms with E-state index in [2.05, 4.69) is 17.1 Å². The van der Waals surface area contributed by atoms with Crippen molar-refractivity contribution in [3.05, 3.63) is 64.7 Å². The van der Waals surface area contributed by atoms with Gasteiger partial charge in [-0.15, -0.1) is 0 Å². The fourth-order valence-corrected chi connectivity index (χ4v) is 4.74. The third-order valence-electron chi connectivity index (χ3n) is 4.81. The van der Waals surface area contributed by atoms with Gasteiger partial charge in [0, 0.05) is 19.2 Å². The Labute approximate surface area is 186 Å². The molecule has 0 aromatic heterocycles. The molecule has 0 atom stereocenters. The van der Waals surface area contributed by atoms with Gasteiger partial charge < -0.3 is 9.47 Å². The van der Waals surface area contributed by atoms with Crippen LogP contribution in [0.1, 0.15) is 18.4 Å². The summed E-state index contributed by atoms with van der Waals surface area (Å²) in [4.78, 5) is 10.8. The Morgan fingerprint density at radius 3 is 2.62 bits per heavy atom. The fraction of sp³-hybridized carbons (Fsp3) is 0.286. The van der Waals surface area contributed by atoms with Gasteiger partial charge in [-0.1, -0.05) is 12.7 Å². The second-order valence-corrected chi connectivity index (χ2v) is 8.87. The lowest BCUT2D eigenvalue weighted by atomic mass is 10.2. The number of nitrogens with one attached hydrogen (secondary N) is 1. The van der Waals surface area contributed by atoms with E-state index in [0.29, 0.717) is 36.8 Å². The van der Waals surface area contributed by atoms with Crippen molar-refractivity contribution in [1.29, 1.82) is 0 Å². The zero-order valence-electron chi connectivity index (χ0n) is 17.6.